The van der Waals surface area contributed by atoms with Crippen LogP contribution < -0.4 is 5.32 Å². The van der Waals surface area contributed by atoms with Crippen molar-refractivity contribution in [1.29, 1.82) is 0 Å². The molecule has 0 spiro atoms. The van der Waals surface area contributed by atoms with Crippen LogP contribution in [0.2, 0.25) is 0 Å². The van der Waals surface area contributed by atoms with Crippen LogP contribution in [0.15, 0.2) is 28.7 Å². The van der Waals surface area contributed by atoms with Gasteiger partial charge in [0.2, 0.25) is 0 Å². The van der Waals surface area contributed by atoms with Gasteiger partial charge >= 0.3 is 0 Å². The molecule has 3 heteroatoms. The summed E-state index contributed by atoms with van der Waals surface area (Å²) in [6.07, 6.45) is 0. The number of aryl methyl sites for hydroxylation is 1. The first-order valence-electron chi connectivity index (χ1n) is 6.97. The van der Waals surface area contributed by atoms with Gasteiger partial charge in [-0.25, -0.2) is 0 Å². The largest absolute Gasteiger partial charge is 0.461 e. The molecule has 0 fully saturated rings. The van der Waals surface area contributed by atoms with Crippen molar-refractivity contribution >= 4 is 11.0 Å². The molecule has 0 unspecified atom stereocenters. The quantitative estimate of drug-likeness (QED) is 0.809. The number of nitrogens with one attached hydrogen (secondary N) is 1. The molecule has 0 saturated heterocycles. The lowest BCUT2D eigenvalue weighted by atomic mass is 10.1. The monoisotopic (exact) mass is 260 g/mol. The van der Waals surface area contributed by atoms with Crippen molar-refractivity contribution in [2.45, 2.75) is 33.4 Å². The van der Waals surface area contributed by atoms with Gasteiger partial charge in [-0.15, -0.1) is 0 Å². The van der Waals surface area contributed by atoms with E-state index in [1.165, 1.54) is 10.9 Å². The standard InChI is InChI=1S/C16H24N2O/c1-12(2)18(4)10-9-17-11-15-13(3)19-16-8-6-5-7-14(15)16/h5-8,12,17H,9-11H2,1-4H3. The average molecular weight is 260 g/mol. The normalized spacial score (nSPS) is 11.9. The fourth-order valence-electron chi connectivity index (χ4n) is 2.17. The molecule has 0 aliphatic carbocycles. The van der Waals surface area contributed by atoms with Crippen LogP contribution in [-0.2, 0) is 6.54 Å². The lowest BCUT2D eigenvalue weighted by Crippen LogP contribution is -2.33. The topological polar surface area (TPSA) is 28.4 Å². The van der Waals surface area contributed by atoms with Crippen LogP contribution in [0, 0.1) is 6.92 Å². The third-order valence-electron chi connectivity index (χ3n) is 3.72. The van der Waals surface area contributed by atoms with E-state index >= 15 is 0 Å². The van der Waals surface area contributed by atoms with Crippen molar-refractivity contribution in [1.82, 2.24) is 10.2 Å². The number of para-hydroxylation sites is 1. The van der Waals surface area contributed by atoms with E-state index in [4.69, 9.17) is 4.42 Å². The van der Waals surface area contributed by atoms with Crippen LogP contribution in [0.3, 0.4) is 0 Å². The van der Waals surface area contributed by atoms with Crippen LogP contribution in [0.4, 0.5) is 0 Å². The number of likely N-dealkylation sites (N-methyl/N-ethyl adjacent to an activating group) is 1. The van der Waals surface area contributed by atoms with E-state index in [9.17, 15) is 0 Å². The van der Waals surface area contributed by atoms with Gasteiger partial charge < -0.3 is 14.6 Å². The maximum atomic E-state index is 5.76. The number of hydrogen-bond donors (Lipinski definition) is 1. The highest BCUT2D eigenvalue weighted by molar-refractivity contribution is 5.82. The molecule has 19 heavy (non-hydrogen) atoms. The van der Waals surface area contributed by atoms with Gasteiger partial charge in [0.15, 0.2) is 0 Å². The molecule has 2 rings (SSSR count). The maximum Gasteiger partial charge on any atom is 0.134 e. The summed E-state index contributed by atoms with van der Waals surface area (Å²) < 4.78 is 5.76. The first kappa shape index (κ1) is 14.1. The summed E-state index contributed by atoms with van der Waals surface area (Å²) in [6.45, 7) is 9.40. The minimum absolute atomic E-state index is 0.596. The van der Waals surface area contributed by atoms with Crippen LogP contribution >= 0.6 is 0 Å². The van der Waals surface area contributed by atoms with Gasteiger partial charge in [-0.05, 0) is 33.9 Å². The molecule has 0 aliphatic rings. The van der Waals surface area contributed by atoms with Gasteiger partial charge in [-0.3, -0.25) is 0 Å². The highest BCUT2D eigenvalue weighted by Gasteiger charge is 2.09. The second-order valence-electron chi connectivity index (χ2n) is 5.38. The van der Waals surface area contributed by atoms with Crippen LogP contribution in [-0.4, -0.2) is 31.1 Å². The Morgan fingerprint density at radius 2 is 2.00 bits per heavy atom. The predicted molar refractivity (Wildman–Crippen MR) is 80.4 cm³/mol. The van der Waals surface area contributed by atoms with Gasteiger partial charge in [-0.1, -0.05) is 18.2 Å². The van der Waals surface area contributed by atoms with E-state index in [0.717, 1.165) is 31.0 Å². The molecular weight excluding hydrogens is 236 g/mol. The highest BCUT2D eigenvalue weighted by atomic mass is 16.3. The average Bonchev–Trinajstić information content (AvgIpc) is 2.70. The minimum atomic E-state index is 0.596. The zero-order chi connectivity index (χ0) is 13.8. The smallest absolute Gasteiger partial charge is 0.134 e. The van der Waals surface area contributed by atoms with E-state index in [1.54, 1.807) is 0 Å². The fraction of sp³-hybridized carbons (Fsp3) is 0.500. The van der Waals surface area contributed by atoms with Gasteiger partial charge in [-0.2, -0.15) is 0 Å². The van der Waals surface area contributed by atoms with E-state index in [0.29, 0.717) is 6.04 Å². The Hall–Kier alpha value is -1.32. The third kappa shape index (κ3) is 3.37. The summed E-state index contributed by atoms with van der Waals surface area (Å²) in [5.41, 5.74) is 2.26. The number of benzene rings is 1. The molecule has 0 atom stereocenters. The molecule has 104 valence electrons. The fourth-order valence-corrected chi connectivity index (χ4v) is 2.17. The maximum absolute atomic E-state index is 5.76. The molecule has 3 nitrogen and oxygen atoms in total. The van der Waals surface area contributed by atoms with Gasteiger partial charge in [0.1, 0.15) is 11.3 Å². The first-order valence-corrected chi connectivity index (χ1v) is 6.97. The number of fused-ring (bicyclic) bond motifs is 1. The molecule has 2 aromatic rings. The van der Waals surface area contributed by atoms with Crippen molar-refractivity contribution in [3.63, 3.8) is 0 Å². The Morgan fingerprint density at radius 3 is 2.74 bits per heavy atom. The molecule has 0 amide bonds. The van der Waals surface area contributed by atoms with E-state index in [1.807, 2.05) is 19.1 Å². The Labute approximate surface area is 115 Å². The van der Waals surface area contributed by atoms with Gasteiger partial charge in [0.05, 0.1) is 0 Å². The molecular formula is C16H24N2O. The Kier molecular flexibility index (Phi) is 4.61. The number of furan rings is 1. The van der Waals surface area contributed by atoms with Crippen molar-refractivity contribution < 1.29 is 4.42 Å². The Morgan fingerprint density at radius 1 is 1.26 bits per heavy atom. The summed E-state index contributed by atoms with van der Waals surface area (Å²) in [4.78, 5) is 2.34. The van der Waals surface area contributed by atoms with E-state index in [2.05, 4.69) is 43.2 Å². The zero-order valence-electron chi connectivity index (χ0n) is 12.4. The molecule has 1 heterocycles. The van der Waals surface area contributed by atoms with Crippen molar-refractivity contribution in [2.24, 2.45) is 0 Å². The zero-order valence-corrected chi connectivity index (χ0v) is 12.4. The number of rotatable bonds is 6. The Balaban J connectivity index is 1.93. The summed E-state index contributed by atoms with van der Waals surface area (Å²) >= 11 is 0. The summed E-state index contributed by atoms with van der Waals surface area (Å²) in [6, 6.07) is 8.83. The van der Waals surface area contributed by atoms with Gasteiger partial charge in [0, 0.05) is 36.6 Å². The lowest BCUT2D eigenvalue weighted by molar-refractivity contribution is 0.273. The minimum Gasteiger partial charge on any atom is -0.461 e. The van der Waals surface area contributed by atoms with Gasteiger partial charge in [0.25, 0.3) is 0 Å². The number of hydrogen-bond acceptors (Lipinski definition) is 3. The predicted octanol–water partition coefficient (Wildman–Crippen LogP) is 3.17. The summed E-state index contributed by atoms with van der Waals surface area (Å²) in [5, 5.41) is 4.73. The molecule has 1 N–H and O–H groups in total. The molecule has 1 aromatic heterocycles. The molecule has 0 aliphatic heterocycles. The van der Waals surface area contributed by atoms with Crippen molar-refractivity contribution in [3.8, 4) is 0 Å². The molecule has 0 bridgehead atoms. The Bertz CT molecular complexity index is 531. The second kappa shape index (κ2) is 6.22. The third-order valence-corrected chi connectivity index (χ3v) is 3.72. The van der Waals surface area contributed by atoms with Crippen LogP contribution in [0.1, 0.15) is 25.2 Å². The van der Waals surface area contributed by atoms with E-state index in [-0.39, 0.29) is 0 Å². The molecule has 0 saturated carbocycles. The summed E-state index contributed by atoms with van der Waals surface area (Å²) in [7, 11) is 2.16. The molecule has 0 radical (unpaired) electrons. The molecule has 1 aromatic carbocycles. The lowest BCUT2D eigenvalue weighted by Gasteiger charge is -2.20. The SMILES string of the molecule is Cc1oc2ccccc2c1CNCCN(C)C(C)C. The second-order valence-corrected chi connectivity index (χ2v) is 5.38. The number of nitrogens with zero attached hydrogens (tertiary/aromatic N) is 1. The highest BCUT2D eigenvalue weighted by Crippen LogP contribution is 2.24. The summed E-state index contributed by atoms with van der Waals surface area (Å²) in [5.74, 6) is 1.02. The van der Waals surface area contributed by atoms with E-state index < -0.39 is 0 Å². The van der Waals surface area contributed by atoms with Crippen LogP contribution in [0.25, 0.3) is 11.0 Å². The van der Waals surface area contributed by atoms with Crippen LogP contribution in [0.5, 0.6) is 0 Å². The first-order chi connectivity index (χ1) is 9.09. The van der Waals surface area contributed by atoms with Crippen molar-refractivity contribution in [3.05, 3.63) is 35.6 Å². The van der Waals surface area contributed by atoms with Crippen molar-refractivity contribution in [2.75, 3.05) is 20.1 Å².